The topological polar surface area (TPSA) is 75.4 Å². The van der Waals surface area contributed by atoms with Crippen LogP contribution in [0.15, 0.2) is 18.2 Å². The largest absolute Gasteiger partial charge is 0.346 e. The molecular weight excluding hydrogens is 302 g/mol. The second-order valence-corrected chi connectivity index (χ2v) is 7.02. The van der Waals surface area contributed by atoms with Crippen molar-refractivity contribution in [3.63, 3.8) is 0 Å². The molecule has 5 nitrogen and oxygen atoms in total. The zero-order valence-corrected chi connectivity index (χ0v) is 15.1. The van der Waals surface area contributed by atoms with E-state index in [4.69, 9.17) is 5.73 Å². The van der Waals surface area contributed by atoms with Gasteiger partial charge in [0.2, 0.25) is 11.8 Å². The second-order valence-electron chi connectivity index (χ2n) is 7.02. The van der Waals surface area contributed by atoms with Crippen LogP contribution in [0, 0.1) is 19.8 Å². The predicted octanol–water partition coefficient (Wildman–Crippen LogP) is 2.07. The fraction of sp³-hybridized carbons (Fsp3) is 0.579. The van der Waals surface area contributed by atoms with E-state index in [9.17, 15) is 9.59 Å². The van der Waals surface area contributed by atoms with Gasteiger partial charge in [-0.15, -0.1) is 0 Å². The second kappa shape index (κ2) is 7.79. The normalized spacial score (nSPS) is 18.8. The molecule has 1 aromatic carbocycles. The Morgan fingerprint density at radius 3 is 2.71 bits per heavy atom. The van der Waals surface area contributed by atoms with E-state index in [1.807, 2.05) is 24.8 Å². The Kier molecular flexibility index (Phi) is 5.99. The average molecular weight is 331 g/mol. The summed E-state index contributed by atoms with van der Waals surface area (Å²) in [5, 5.41) is 2.68. The average Bonchev–Trinajstić information content (AvgIpc) is 3.03. The zero-order chi connectivity index (χ0) is 17.9. The molecule has 132 valence electrons. The fourth-order valence-corrected chi connectivity index (χ4v) is 3.21. The molecule has 1 aliphatic heterocycles. The van der Waals surface area contributed by atoms with Gasteiger partial charge in [0, 0.05) is 6.54 Å². The lowest BCUT2D eigenvalue weighted by Gasteiger charge is -2.27. The first kappa shape index (κ1) is 18.5. The van der Waals surface area contributed by atoms with Crippen LogP contribution in [0.25, 0.3) is 0 Å². The molecule has 1 unspecified atom stereocenters. The first-order valence-electron chi connectivity index (χ1n) is 8.71. The molecule has 3 N–H and O–H groups in total. The van der Waals surface area contributed by atoms with Gasteiger partial charge in [-0.1, -0.05) is 32.0 Å². The van der Waals surface area contributed by atoms with Crippen LogP contribution in [0.4, 0.5) is 0 Å². The molecule has 0 spiro atoms. The minimum Gasteiger partial charge on any atom is -0.346 e. The third-order valence-corrected chi connectivity index (χ3v) is 5.01. The van der Waals surface area contributed by atoms with Crippen molar-refractivity contribution in [3.05, 3.63) is 34.9 Å². The lowest BCUT2D eigenvalue weighted by atomic mass is 9.96. The smallest absolute Gasteiger partial charge is 0.242 e. The summed E-state index contributed by atoms with van der Waals surface area (Å²) in [6.45, 7) is 8.73. The summed E-state index contributed by atoms with van der Waals surface area (Å²) in [4.78, 5) is 26.4. The quantitative estimate of drug-likeness (QED) is 0.867. The van der Waals surface area contributed by atoms with E-state index < -0.39 is 6.04 Å². The van der Waals surface area contributed by atoms with Gasteiger partial charge >= 0.3 is 0 Å². The molecule has 2 rings (SSSR count). The van der Waals surface area contributed by atoms with Crippen molar-refractivity contribution in [1.29, 1.82) is 0 Å². The SMILES string of the molecule is Cc1cccc(C2CCCN2C(=O)CNC(=O)[C@@H](N)C(C)C)c1C. The molecule has 0 bridgehead atoms. The van der Waals surface area contributed by atoms with Crippen molar-refractivity contribution >= 4 is 11.8 Å². The highest BCUT2D eigenvalue weighted by Crippen LogP contribution is 2.34. The van der Waals surface area contributed by atoms with Gasteiger partial charge in [0.25, 0.3) is 0 Å². The van der Waals surface area contributed by atoms with Gasteiger partial charge in [0.1, 0.15) is 0 Å². The summed E-state index contributed by atoms with van der Waals surface area (Å²) in [6.07, 6.45) is 1.96. The van der Waals surface area contributed by atoms with Crippen molar-refractivity contribution in [2.75, 3.05) is 13.1 Å². The monoisotopic (exact) mass is 331 g/mol. The number of hydrogen-bond donors (Lipinski definition) is 2. The van der Waals surface area contributed by atoms with Gasteiger partial charge in [-0.25, -0.2) is 0 Å². The Morgan fingerprint density at radius 2 is 2.04 bits per heavy atom. The predicted molar refractivity (Wildman–Crippen MR) is 95.4 cm³/mol. The summed E-state index contributed by atoms with van der Waals surface area (Å²) in [6, 6.07) is 5.76. The molecule has 1 aliphatic rings. The first-order chi connectivity index (χ1) is 11.3. The van der Waals surface area contributed by atoms with Crippen LogP contribution in [0.3, 0.4) is 0 Å². The van der Waals surface area contributed by atoms with Crippen LogP contribution < -0.4 is 11.1 Å². The van der Waals surface area contributed by atoms with Gasteiger partial charge in [0.05, 0.1) is 18.6 Å². The van der Waals surface area contributed by atoms with Crippen molar-refractivity contribution in [3.8, 4) is 0 Å². The van der Waals surface area contributed by atoms with Gasteiger partial charge in [-0.3, -0.25) is 9.59 Å². The zero-order valence-electron chi connectivity index (χ0n) is 15.1. The summed E-state index contributed by atoms with van der Waals surface area (Å²) in [5.74, 6) is -0.252. The van der Waals surface area contributed by atoms with Gasteiger partial charge < -0.3 is 16.0 Å². The number of aryl methyl sites for hydroxylation is 1. The number of likely N-dealkylation sites (tertiary alicyclic amines) is 1. The van der Waals surface area contributed by atoms with E-state index >= 15 is 0 Å². The molecule has 1 heterocycles. The molecule has 1 aromatic rings. The maximum atomic E-state index is 12.6. The summed E-state index contributed by atoms with van der Waals surface area (Å²) >= 11 is 0. The number of nitrogens with two attached hydrogens (primary N) is 1. The highest BCUT2D eigenvalue weighted by atomic mass is 16.2. The maximum absolute atomic E-state index is 12.6. The number of hydrogen-bond acceptors (Lipinski definition) is 3. The molecule has 24 heavy (non-hydrogen) atoms. The van der Waals surface area contributed by atoms with E-state index in [1.54, 1.807) is 0 Å². The number of nitrogens with one attached hydrogen (secondary N) is 1. The molecule has 1 fully saturated rings. The van der Waals surface area contributed by atoms with Crippen molar-refractivity contribution in [2.45, 2.75) is 52.6 Å². The van der Waals surface area contributed by atoms with E-state index in [1.165, 1.54) is 16.7 Å². The highest BCUT2D eigenvalue weighted by Gasteiger charge is 2.31. The Balaban J connectivity index is 2.04. The van der Waals surface area contributed by atoms with Crippen LogP contribution in [0.1, 0.15) is 49.4 Å². The molecule has 2 atom stereocenters. The van der Waals surface area contributed by atoms with E-state index in [0.717, 1.165) is 19.4 Å². The van der Waals surface area contributed by atoms with Gasteiger partial charge in [-0.2, -0.15) is 0 Å². The fourth-order valence-electron chi connectivity index (χ4n) is 3.21. The maximum Gasteiger partial charge on any atom is 0.242 e. The number of amides is 2. The van der Waals surface area contributed by atoms with Crippen LogP contribution in [0.2, 0.25) is 0 Å². The molecule has 5 heteroatoms. The van der Waals surface area contributed by atoms with Crippen LogP contribution in [-0.4, -0.2) is 35.8 Å². The first-order valence-corrected chi connectivity index (χ1v) is 8.71. The van der Waals surface area contributed by atoms with Crippen LogP contribution in [-0.2, 0) is 9.59 Å². The lowest BCUT2D eigenvalue weighted by molar-refractivity contribution is -0.134. The number of carbonyl (C=O) groups excluding carboxylic acids is 2. The minimum atomic E-state index is -0.578. The molecule has 1 saturated heterocycles. The van der Waals surface area contributed by atoms with Crippen LogP contribution >= 0.6 is 0 Å². The number of nitrogens with zero attached hydrogens (tertiary/aromatic N) is 1. The molecule has 0 aliphatic carbocycles. The number of benzene rings is 1. The Labute approximate surface area is 144 Å². The summed E-state index contributed by atoms with van der Waals surface area (Å²) in [7, 11) is 0. The number of carbonyl (C=O) groups is 2. The molecule has 2 amide bonds. The third-order valence-electron chi connectivity index (χ3n) is 5.01. The Morgan fingerprint density at radius 1 is 1.33 bits per heavy atom. The van der Waals surface area contributed by atoms with E-state index in [2.05, 4.69) is 31.3 Å². The molecule has 0 saturated carbocycles. The van der Waals surface area contributed by atoms with E-state index in [0.29, 0.717) is 0 Å². The van der Waals surface area contributed by atoms with E-state index in [-0.39, 0.29) is 30.3 Å². The third kappa shape index (κ3) is 3.96. The number of rotatable bonds is 5. The standard InChI is InChI=1S/C19H29N3O2/c1-12(2)18(20)19(24)21-11-17(23)22-10-6-9-16(22)15-8-5-7-13(3)14(15)4/h5,7-8,12,16,18H,6,9-11,20H2,1-4H3,(H,21,24)/t16?,18-/m0/s1. The van der Waals surface area contributed by atoms with Crippen molar-refractivity contribution < 1.29 is 9.59 Å². The minimum absolute atomic E-state index is 0.0145. The summed E-state index contributed by atoms with van der Waals surface area (Å²) in [5.41, 5.74) is 9.51. The van der Waals surface area contributed by atoms with Crippen LogP contribution in [0.5, 0.6) is 0 Å². The summed E-state index contributed by atoms with van der Waals surface area (Å²) < 4.78 is 0. The Hall–Kier alpha value is -1.88. The molecule has 0 radical (unpaired) electrons. The molecular formula is C19H29N3O2. The van der Waals surface area contributed by atoms with Gasteiger partial charge in [-0.05, 0) is 49.3 Å². The Bertz CT molecular complexity index is 613. The molecule has 0 aromatic heterocycles. The lowest BCUT2D eigenvalue weighted by Crippen LogP contribution is -2.47. The van der Waals surface area contributed by atoms with Crippen molar-refractivity contribution in [1.82, 2.24) is 10.2 Å². The van der Waals surface area contributed by atoms with Gasteiger partial charge in [0.15, 0.2) is 0 Å². The van der Waals surface area contributed by atoms with Crippen molar-refractivity contribution in [2.24, 2.45) is 11.7 Å². The highest BCUT2D eigenvalue weighted by molar-refractivity contribution is 5.87.